The third kappa shape index (κ3) is 6.94. The van der Waals surface area contributed by atoms with Crippen molar-refractivity contribution in [1.29, 1.82) is 0 Å². The first-order valence-electron chi connectivity index (χ1n) is 23.3. The van der Waals surface area contributed by atoms with Gasteiger partial charge in [-0.25, -0.2) is 0 Å². The largest absolute Gasteiger partial charge is 0.310 e. The average Bonchev–Trinajstić information content (AvgIpc) is 3.72. The first-order valence-corrected chi connectivity index (χ1v) is 20.8. The monoisotopic (exact) mass is 795 g/mol. The minimum atomic E-state index is -0.407. The molecule has 292 valence electrons. The summed E-state index contributed by atoms with van der Waals surface area (Å²) in [7, 11) is 0. The molecule has 0 aliphatic rings. The predicted molar refractivity (Wildman–Crippen MR) is 263 cm³/mol. The molecule has 1 aromatic heterocycles. The van der Waals surface area contributed by atoms with E-state index in [9.17, 15) is 0 Å². The van der Waals surface area contributed by atoms with Crippen LogP contribution in [0.4, 0.5) is 17.1 Å². The van der Waals surface area contributed by atoms with E-state index >= 15 is 0 Å². The fourth-order valence-electron chi connectivity index (χ4n) is 8.76. The molecule has 0 aliphatic carbocycles. The van der Waals surface area contributed by atoms with E-state index in [2.05, 4.69) is 185 Å². The standard InChI is InChI=1S/C60H42N2/c1-4-18-43(19-5-1)46-24-14-28-51(38-46)61(52-29-15-25-47(39-52)44-20-6-2-7-21-44)53-30-16-26-48(40-53)49-36-37-58-57-34-12-13-35-59(57)62(60(58)42-49)54-31-17-27-50(41-54)56-33-11-10-32-55(56)45-22-8-3-9-23-45/h1-42H/i3D,8D,9D,22D,23D. The summed E-state index contributed by atoms with van der Waals surface area (Å²) in [5.74, 6) is 0. The molecular formula is C60H42N2. The smallest absolute Gasteiger partial charge is 0.0629 e. The lowest BCUT2D eigenvalue weighted by Crippen LogP contribution is -2.10. The summed E-state index contributed by atoms with van der Waals surface area (Å²) in [6.07, 6.45) is 0. The number of nitrogens with zero attached hydrogens (tertiary/aromatic N) is 2. The number of anilines is 3. The van der Waals surface area contributed by atoms with Gasteiger partial charge in [0.05, 0.1) is 17.9 Å². The van der Waals surface area contributed by atoms with Gasteiger partial charge in [0, 0.05) is 33.5 Å². The maximum Gasteiger partial charge on any atom is 0.0629 e. The van der Waals surface area contributed by atoms with Gasteiger partial charge in [-0.05, 0) is 116 Å². The van der Waals surface area contributed by atoms with Gasteiger partial charge in [-0.15, -0.1) is 0 Å². The number of fused-ring (bicyclic) bond motifs is 3. The molecule has 0 saturated heterocycles. The molecule has 10 aromatic carbocycles. The molecule has 0 fully saturated rings. The Bertz CT molecular complexity index is 3540. The second kappa shape index (κ2) is 16.1. The molecule has 0 bridgehead atoms. The van der Waals surface area contributed by atoms with E-state index in [1.54, 1.807) is 0 Å². The van der Waals surface area contributed by atoms with Crippen LogP contribution in [0, 0.1) is 0 Å². The summed E-state index contributed by atoms with van der Waals surface area (Å²) in [5, 5.41) is 2.25. The van der Waals surface area contributed by atoms with Gasteiger partial charge in [-0.2, -0.15) is 0 Å². The van der Waals surface area contributed by atoms with Crippen LogP contribution in [-0.2, 0) is 0 Å². The molecule has 0 amide bonds. The highest BCUT2D eigenvalue weighted by Gasteiger charge is 2.18. The second-order valence-corrected chi connectivity index (χ2v) is 15.4. The van der Waals surface area contributed by atoms with Gasteiger partial charge in [0.15, 0.2) is 0 Å². The van der Waals surface area contributed by atoms with Crippen molar-refractivity contribution in [1.82, 2.24) is 4.57 Å². The van der Waals surface area contributed by atoms with Crippen molar-refractivity contribution in [3.63, 3.8) is 0 Å². The van der Waals surface area contributed by atoms with Crippen LogP contribution >= 0.6 is 0 Å². The maximum atomic E-state index is 8.79. The quantitative estimate of drug-likeness (QED) is 0.141. The predicted octanol–water partition coefficient (Wildman–Crippen LogP) is 16.6. The van der Waals surface area contributed by atoms with Crippen LogP contribution in [-0.4, -0.2) is 4.57 Å². The normalized spacial score (nSPS) is 12.4. The molecule has 11 rings (SSSR count). The Morgan fingerprint density at radius 3 is 1.40 bits per heavy atom. The van der Waals surface area contributed by atoms with Crippen molar-refractivity contribution in [3.05, 3.63) is 255 Å². The molecule has 62 heavy (non-hydrogen) atoms. The number of para-hydroxylation sites is 1. The fraction of sp³-hybridized carbons (Fsp3) is 0. The topological polar surface area (TPSA) is 8.17 Å². The van der Waals surface area contributed by atoms with Crippen LogP contribution in [0.1, 0.15) is 6.85 Å². The van der Waals surface area contributed by atoms with Gasteiger partial charge in [-0.3, -0.25) is 0 Å². The molecule has 0 spiro atoms. The Kier molecular flexibility index (Phi) is 8.23. The first-order chi connectivity index (χ1) is 32.8. The van der Waals surface area contributed by atoms with E-state index in [0.29, 0.717) is 5.56 Å². The van der Waals surface area contributed by atoms with Gasteiger partial charge in [0.2, 0.25) is 0 Å². The molecule has 0 aliphatic heterocycles. The molecule has 2 nitrogen and oxygen atoms in total. The Morgan fingerprint density at radius 1 is 0.306 bits per heavy atom. The summed E-state index contributed by atoms with van der Waals surface area (Å²) in [6, 6.07) is 76.6. The van der Waals surface area contributed by atoms with Gasteiger partial charge in [0.1, 0.15) is 0 Å². The third-order valence-corrected chi connectivity index (χ3v) is 11.6. The fourth-order valence-corrected chi connectivity index (χ4v) is 8.76. The van der Waals surface area contributed by atoms with E-state index in [1.165, 1.54) is 0 Å². The van der Waals surface area contributed by atoms with E-state index in [0.717, 1.165) is 89.1 Å². The number of hydrogen-bond donors (Lipinski definition) is 0. The van der Waals surface area contributed by atoms with Gasteiger partial charge in [0.25, 0.3) is 0 Å². The maximum absolute atomic E-state index is 8.79. The van der Waals surface area contributed by atoms with Gasteiger partial charge in [-0.1, -0.05) is 194 Å². The Balaban J connectivity index is 1.04. The van der Waals surface area contributed by atoms with E-state index in [4.69, 9.17) is 6.85 Å². The highest BCUT2D eigenvalue weighted by atomic mass is 15.1. The van der Waals surface area contributed by atoms with Gasteiger partial charge < -0.3 is 9.47 Å². The summed E-state index contributed by atoms with van der Waals surface area (Å²) in [5.41, 5.74) is 15.3. The molecule has 1 heterocycles. The Hall–Kier alpha value is -8.20. The van der Waals surface area contributed by atoms with Crippen molar-refractivity contribution in [2.75, 3.05) is 4.90 Å². The van der Waals surface area contributed by atoms with Crippen LogP contribution in [0.5, 0.6) is 0 Å². The van der Waals surface area contributed by atoms with Crippen molar-refractivity contribution in [2.45, 2.75) is 0 Å². The average molecular weight is 796 g/mol. The molecule has 0 saturated carbocycles. The Morgan fingerprint density at radius 2 is 0.774 bits per heavy atom. The zero-order valence-electron chi connectivity index (χ0n) is 38.8. The van der Waals surface area contributed by atoms with Gasteiger partial charge >= 0.3 is 0 Å². The molecule has 0 unspecified atom stereocenters. The van der Waals surface area contributed by atoms with E-state index < -0.39 is 6.04 Å². The van der Waals surface area contributed by atoms with Crippen LogP contribution in [0.3, 0.4) is 0 Å². The van der Waals surface area contributed by atoms with E-state index in [1.807, 2.05) is 48.5 Å². The van der Waals surface area contributed by atoms with Crippen molar-refractivity contribution < 1.29 is 6.85 Å². The number of aromatic nitrogens is 1. The van der Waals surface area contributed by atoms with Crippen LogP contribution < -0.4 is 4.90 Å². The molecule has 0 N–H and O–H groups in total. The molecule has 0 radical (unpaired) electrons. The van der Waals surface area contributed by atoms with E-state index in [-0.39, 0.29) is 29.7 Å². The highest BCUT2D eigenvalue weighted by Crippen LogP contribution is 2.42. The molecule has 11 aromatic rings. The number of hydrogen-bond acceptors (Lipinski definition) is 1. The van der Waals surface area contributed by atoms with Crippen molar-refractivity contribution in [2.24, 2.45) is 0 Å². The summed E-state index contributed by atoms with van der Waals surface area (Å²) in [6.45, 7) is 0. The lowest BCUT2D eigenvalue weighted by molar-refractivity contribution is 1.18. The highest BCUT2D eigenvalue weighted by molar-refractivity contribution is 6.10. The minimum absolute atomic E-state index is 0.183. The SMILES string of the molecule is [2H]c1c([2H])c([2H])c(-c2ccccc2-c2cccc(-n3c4ccccc4c4ccc(-c5cccc(N(c6cccc(-c7ccccc7)c6)c6cccc(-c7ccccc7)c6)c5)cc43)c2)c([2H])c1[2H]. The molecule has 2 heteroatoms. The number of rotatable bonds is 9. The van der Waals surface area contributed by atoms with Crippen molar-refractivity contribution in [3.8, 4) is 61.3 Å². The molecule has 0 atom stereocenters. The van der Waals surface area contributed by atoms with Crippen molar-refractivity contribution >= 4 is 38.9 Å². The van der Waals surface area contributed by atoms with Crippen LogP contribution in [0.15, 0.2) is 255 Å². The minimum Gasteiger partial charge on any atom is -0.310 e. The van der Waals surface area contributed by atoms with Crippen LogP contribution in [0.25, 0.3) is 83.1 Å². The Labute approximate surface area is 369 Å². The summed E-state index contributed by atoms with van der Waals surface area (Å²) in [4.78, 5) is 2.34. The summed E-state index contributed by atoms with van der Waals surface area (Å²) < 4.78 is 44.9. The number of benzene rings is 10. The summed E-state index contributed by atoms with van der Waals surface area (Å²) >= 11 is 0. The van der Waals surface area contributed by atoms with Crippen LogP contribution in [0.2, 0.25) is 0 Å². The third-order valence-electron chi connectivity index (χ3n) is 11.6. The zero-order chi connectivity index (χ0) is 45.6. The zero-order valence-corrected chi connectivity index (χ0v) is 33.8. The lowest BCUT2D eigenvalue weighted by atomic mass is 9.94. The first kappa shape index (κ1) is 31.7. The molecular weight excluding hydrogens is 749 g/mol. The second-order valence-electron chi connectivity index (χ2n) is 15.4. The lowest BCUT2D eigenvalue weighted by Gasteiger charge is -2.27.